The van der Waals surface area contributed by atoms with Gasteiger partial charge < -0.3 is 10.1 Å². The standard InChI is InChI=1S/C17H21ClN2O/c1-12(2)19-10-15-5-4-6-16(20-15)11-21-17-8-7-14(18)9-13(17)3/h4-9,12,19H,10-11H2,1-3H3. The number of nitrogens with one attached hydrogen (secondary N) is 1. The van der Waals surface area contributed by atoms with Crippen molar-refractivity contribution in [2.75, 3.05) is 0 Å². The molecule has 3 nitrogen and oxygen atoms in total. The summed E-state index contributed by atoms with van der Waals surface area (Å²) in [5, 5.41) is 4.08. The lowest BCUT2D eigenvalue weighted by Crippen LogP contribution is -2.22. The van der Waals surface area contributed by atoms with Crippen molar-refractivity contribution in [3.8, 4) is 5.75 Å². The predicted molar refractivity (Wildman–Crippen MR) is 86.7 cm³/mol. The number of aryl methyl sites for hydroxylation is 1. The molecule has 2 rings (SSSR count). The minimum atomic E-state index is 0.448. The van der Waals surface area contributed by atoms with Gasteiger partial charge in [-0.25, -0.2) is 0 Å². The van der Waals surface area contributed by atoms with E-state index >= 15 is 0 Å². The van der Waals surface area contributed by atoms with Gasteiger partial charge in [0.1, 0.15) is 12.4 Å². The molecule has 0 fully saturated rings. The maximum atomic E-state index is 5.94. The first-order chi connectivity index (χ1) is 10.0. The van der Waals surface area contributed by atoms with Crippen LogP contribution in [0.25, 0.3) is 0 Å². The molecule has 0 unspecified atom stereocenters. The molecule has 1 aromatic heterocycles. The summed E-state index contributed by atoms with van der Waals surface area (Å²) in [4.78, 5) is 4.59. The van der Waals surface area contributed by atoms with E-state index in [-0.39, 0.29) is 0 Å². The second kappa shape index (κ2) is 7.43. The summed E-state index contributed by atoms with van der Waals surface area (Å²) in [6.07, 6.45) is 0. The van der Waals surface area contributed by atoms with Gasteiger partial charge in [-0.2, -0.15) is 0 Å². The lowest BCUT2D eigenvalue weighted by Gasteiger charge is -2.11. The van der Waals surface area contributed by atoms with Gasteiger partial charge in [-0.1, -0.05) is 31.5 Å². The third kappa shape index (κ3) is 5.03. The minimum absolute atomic E-state index is 0.448. The molecular formula is C17H21ClN2O. The number of aromatic nitrogens is 1. The lowest BCUT2D eigenvalue weighted by atomic mass is 10.2. The van der Waals surface area contributed by atoms with E-state index in [1.165, 1.54) is 0 Å². The molecule has 21 heavy (non-hydrogen) atoms. The summed E-state index contributed by atoms with van der Waals surface area (Å²) in [6, 6.07) is 12.1. The first-order valence-electron chi connectivity index (χ1n) is 7.12. The molecule has 0 radical (unpaired) electrons. The van der Waals surface area contributed by atoms with Crippen molar-refractivity contribution in [3.05, 3.63) is 58.4 Å². The van der Waals surface area contributed by atoms with Crippen LogP contribution in [-0.2, 0) is 13.2 Å². The highest BCUT2D eigenvalue weighted by Crippen LogP contribution is 2.22. The van der Waals surface area contributed by atoms with Crippen molar-refractivity contribution in [3.63, 3.8) is 0 Å². The quantitative estimate of drug-likeness (QED) is 0.871. The molecule has 0 saturated heterocycles. The van der Waals surface area contributed by atoms with Crippen molar-refractivity contribution in [1.29, 1.82) is 0 Å². The van der Waals surface area contributed by atoms with Gasteiger partial charge in [0.15, 0.2) is 0 Å². The van der Waals surface area contributed by atoms with Gasteiger partial charge in [-0.05, 0) is 42.8 Å². The molecule has 0 spiro atoms. The van der Waals surface area contributed by atoms with Gasteiger partial charge in [0, 0.05) is 17.6 Å². The molecule has 0 bridgehead atoms. The number of halogens is 1. The van der Waals surface area contributed by atoms with Crippen molar-refractivity contribution >= 4 is 11.6 Å². The summed E-state index contributed by atoms with van der Waals surface area (Å²) < 4.78 is 5.82. The van der Waals surface area contributed by atoms with E-state index in [4.69, 9.17) is 16.3 Å². The Balaban J connectivity index is 1.98. The monoisotopic (exact) mass is 304 g/mol. The van der Waals surface area contributed by atoms with Gasteiger partial charge in [-0.15, -0.1) is 0 Å². The topological polar surface area (TPSA) is 34.1 Å². The zero-order valence-corrected chi connectivity index (χ0v) is 13.4. The van der Waals surface area contributed by atoms with Crippen LogP contribution in [0.2, 0.25) is 5.02 Å². The van der Waals surface area contributed by atoms with Gasteiger partial charge in [0.25, 0.3) is 0 Å². The second-order valence-electron chi connectivity index (χ2n) is 5.35. The van der Waals surface area contributed by atoms with Crippen LogP contribution in [0.4, 0.5) is 0 Å². The number of ether oxygens (including phenoxy) is 1. The molecule has 1 heterocycles. The smallest absolute Gasteiger partial charge is 0.130 e. The third-order valence-electron chi connectivity index (χ3n) is 3.07. The lowest BCUT2D eigenvalue weighted by molar-refractivity contribution is 0.299. The summed E-state index contributed by atoms with van der Waals surface area (Å²) in [6.45, 7) is 7.45. The Kier molecular flexibility index (Phi) is 5.59. The summed E-state index contributed by atoms with van der Waals surface area (Å²) >= 11 is 5.94. The van der Waals surface area contributed by atoms with E-state index in [0.717, 1.165) is 34.3 Å². The number of pyridine rings is 1. The number of benzene rings is 1. The molecule has 0 amide bonds. The van der Waals surface area contributed by atoms with Crippen molar-refractivity contribution in [2.45, 2.75) is 40.0 Å². The third-order valence-corrected chi connectivity index (χ3v) is 3.30. The van der Waals surface area contributed by atoms with Crippen molar-refractivity contribution in [2.24, 2.45) is 0 Å². The predicted octanol–water partition coefficient (Wildman–Crippen LogP) is 4.12. The van der Waals surface area contributed by atoms with Crippen molar-refractivity contribution in [1.82, 2.24) is 10.3 Å². The molecular weight excluding hydrogens is 284 g/mol. The first-order valence-corrected chi connectivity index (χ1v) is 7.49. The summed E-state index contributed by atoms with van der Waals surface area (Å²) in [7, 11) is 0. The van der Waals surface area contributed by atoms with Crippen LogP contribution in [0, 0.1) is 6.92 Å². The van der Waals surface area contributed by atoms with Crippen LogP contribution in [-0.4, -0.2) is 11.0 Å². The number of hydrogen-bond donors (Lipinski definition) is 1. The number of rotatable bonds is 6. The Morgan fingerprint density at radius 3 is 2.67 bits per heavy atom. The molecule has 0 saturated carbocycles. The number of nitrogens with zero attached hydrogens (tertiary/aromatic N) is 1. The molecule has 112 valence electrons. The Morgan fingerprint density at radius 2 is 1.95 bits per heavy atom. The second-order valence-corrected chi connectivity index (χ2v) is 5.79. The average Bonchev–Trinajstić information content (AvgIpc) is 2.45. The Hall–Kier alpha value is -1.58. The van der Waals surface area contributed by atoms with Crippen LogP contribution in [0.5, 0.6) is 5.75 Å². The maximum absolute atomic E-state index is 5.94. The Labute approximate surface area is 131 Å². The normalized spacial score (nSPS) is 10.9. The molecule has 0 aliphatic heterocycles. The van der Waals surface area contributed by atoms with E-state index in [1.807, 2.05) is 43.3 Å². The highest BCUT2D eigenvalue weighted by atomic mass is 35.5. The van der Waals surface area contributed by atoms with Crippen LogP contribution >= 0.6 is 11.6 Å². The zero-order valence-electron chi connectivity index (χ0n) is 12.7. The minimum Gasteiger partial charge on any atom is -0.487 e. The van der Waals surface area contributed by atoms with Crippen LogP contribution < -0.4 is 10.1 Å². The molecule has 0 atom stereocenters. The molecule has 1 N–H and O–H groups in total. The number of hydrogen-bond acceptors (Lipinski definition) is 3. The first kappa shape index (κ1) is 15.8. The average molecular weight is 305 g/mol. The fourth-order valence-electron chi connectivity index (χ4n) is 1.94. The van der Waals surface area contributed by atoms with Crippen LogP contribution in [0.1, 0.15) is 30.8 Å². The largest absolute Gasteiger partial charge is 0.487 e. The van der Waals surface area contributed by atoms with Crippen LogP contribution in [0.3, 0.4) is 0 Å². The van der Waals surface area contributed by atoms with Crippen LogP contribution in [0.15, 0.2) is 36.4 Å². The highest BCUT2D eigenvalue weighted by Gasteiger charge is 2.03. The maximum Gasteiger partial charge on any atom is 0.130 e. The van der Waals surface area contributed by atoms with Gasteiger partial charge in [-0.3, -0.25) is 4.98 Å². The molecule has 0 aliphatic rings. The Bertz CT molecular complexity index is 599. The summed E-state index contributed by atoms with van der Waals surface area (Å²) in [5.41, 5.74) is 2.98. The molecule has 1 aromatic carbocycles. The molecule has 4 heteroatoms. The molecule has 0 aliphatic carbocycles. The highest BCUT2D eigenvalue weighted by molar-refractivity contribution is 6.30. The van der Waals surface area contributed by atoms with E-state index < -0.39 is 0 Å². The van der Waals surface area contributed by atoms with Gasteiger partial charge in [0.05, 0.1) is 11.4 Å². The van der Waals surface area contributed by atoms with E-state index in [9.17, 15) is 0 Å². The van der Waals surface area contributed by atoms with Crippen molar-refractivity contribution < 1.29 is 4.74 Å². The molecule has 2 aromatic rings. The van der Waals surface area contributed by atoms with Gasteiger partial charge in [0.2, 0.25) is 0 Å². The summed E-state index contributed by atoms with van der Waals surface area (Å²) in [5.74, 6) is 0.840. The van der Waals surface area contributed by atoms with E-state index in [2.05, 4.69) is 24.1 Å². The zero-order chi connectivity index (χ0) is 15.2. The fraction of sp³-hybridized carbons (Fsp3) is 0.353. The van der Waals surface area contributed by atoms with E-state index in [1.54, 1.807) is 0 Å². The SMILES string of the molecule is Cc1cc(Cl)ccc1OCc1cccc(CNC(C)C)n1. The van der Waals surface area contributed by atoms with E-state index in [0.29, 0.717) is 12.6 Å². The Morgan fingerprint density at radius 1 is 1.19 bits per heavy atom. The fourth-order valence-corrected chi connectivity index (χ4v) is 2.17. The van der Waals surface area contributed by atoms with Gasteiger partial charge >= 0.3 is 0 Å².